The Morgan fingerprint density at radius 2 is 2.06 bits per heavy atom. The quantitative estimate of drug-likeness (QED) is 0.672. The highest BCUT2D eigenvalue weighted by molar-refractivity contribution is 5.94. The zero-order valence-electron chi connectivity index (χ0n) is 20.7. The third-order valence-corrected chi connectivity index (χ3v) is 8.16. The van der Waals surface area contributed by atoms with Crippen molar-refractivity contribution >= 4 is 5.91 Å². The second kappa shape index (κ2) is 10.2. The van der Waals surface area contributed by atoms with Crippen LogP contribution in [0.4, 0.5) is 0 Å². The highest BCUT2D eigenvalue weighted by Gasteiger charge is 2.39. The van der Waals surface area contributed by atoms with Crippen LogP contribution in [0.1, 0.15) is 66.0 Å². The number of ether oxygens (including phenoxy) is 1. The van der Waals surface area contributed by atoms with Gasteiger partial charge in [-0.1, -0.05) is 19.3 Å². The van der Waals surface area contributed by atoms with E-state index in [9.17, 15) is 4.79 Å². The van der Waals surface area contributed by atoms with Crippen LogP contribution in [0.15, 0.2) is 22.8 Å². The van der Waals surface area contributed by atoms with Crippen molar-refractivity contribution in [3.8, 4) is 0 Å². The first-order chi connectivity index (χ1) is 16.6. The van der Waals surface area contributed by atoms with Gasteiger partial charge in [0.2, 0.25) is 0 Å². The summed E-state index contributed by atoms with van der Waals surface area (Å²) in [6, 6.07) is 4.12. The molecule has 0 aromatic carbocycles. The Bertz CT molecular complexity index is 957. The van der Waals surface area contributed by atoms with Gasteiger partial charge in [-0.3, -0.25) is 14.4 Å². The van der Waals surface area contributed by atoms with Gasteiger partial charge >= 0.3 is 0 Å². The molecule has 0 radical (unpaired) electrons. The van der Waals surface area contributed by atoms with Crippen molar-refractivity contribution in [1.29, 1.82) is 0 Å². The molecule has 2 aromatic rings. The predicted molar refractivity (Wildman–Crippen MR) is 130 cm³/mol. The van der Waals surface area contributed by atoms with Crippen molar-refractivity contribution in [2.24, 2.45) is 7.05 Å². The summed E-state index contributed by atoms with van der Waals surface area (Å²) >= 11 is 0. The van der Waals surface area contributed by atoms with Gasteiger partial charge in [0.05, 0.1) is 26.0 Å². The molecule has 5 rings (SSSR count). The van der Waals surface area contributed by atoms with Crippen LogP contribution in [0.25, 0.3) is 0 Å². The van der Waals surface area contributed by atoms with E-state index in [2.05, 4.69) is 15.3 Å². The van der Waals surface area contributed by atoms with Crippen molar-refractivity contribution in [2.45, 2.75) is 69.5 Å². The topological polar surface area (TPSA) is 75.8 Å². The number of aryl methyl sites for hydroxylation is 1. The minimum atomic E-state index is -0.0361. The Balaban J connectivity index is 1.27. The van der Waals surface area contributed by atoms with Gasteiger partial charge in [0.15, 0.2) is 5.69 Å². The van der Waals surface area contributed by atoms with Crippen LogP contribution >= 0.6 is 0 Å². The van der Waals surface area contributed by atoms with Crippen LogP contribution in [0.2, 0.25) is 0 Å². The Labute approximate surface area is 202 Å². The molecule has 1 unspecified atom stereocenters. The molecule has 2 fully saturated rings. The molecule has 1 saturated carbocycles. The number of rotatable bonds is 7. The minimum absolute atomic E-state index is 0.0361. The van der Waals surface area contributed by atoms with Crippen LogP contribution in [-0.2, 0) is 31.2 Å². The molecule has 0 bridgehead atoms. The van der Waals surface area contributed by atoms with Crippen LogP contribution < -0.4 is 5.32 Å². The van der Waals surface area contributed by atoms with Gasteiger partial charge in [-0.25, -0.2) is 0 Å². The molecule has 8 nitrogen and oxygen atoms in total. The third-order valence-electron chi connectivity index (χ3n) is 8.16. The van der Waals surface area contributed by atoms with Gasteiger partial charge in [-0.05, 0) is 44.2 Å². The lowest BCUT2D eigenvalue weighted by Crippen LogP contribution is -2.60. The Hall–Kier alpha value is -2.16. The van der Waals surface area contributed by atoms with Crippen molar-refractivity contribution in [3.63, 3.8) is 0 Å². The number of nitrogens with one attached hydrogen (secondary N) is 1. The predicted octanol–water partition coefficient (Wildman–Crippen LogP) is 2.77. The second-order valence-corrected chi connectivity index (χ2v) is 10.3. The molecule has 2 aromatic heterocycles. The number of aromatic nitrogens is 2. The summed E-state index contributed by atoms with van der Waals surface area (Å²) in [5.74, 6) is 0.743. The van der Waals surface area contributed by atoms with E-state index < -0.39 is 0 Å². The van der Waals surface area contributed by atoms with Crippen LogP contribution in [0.3, 0.4) is 0 Å². The smallest absolute Gasteiger partial charge is 0.274 e. The molecular weight excluding hydrogens is 430 g/mol. The molecule has 1 atom stereocenters. The summed E-state index contributed by atoms with van der Waals surface area (Å²) in [6.07, 6.45) is 11.1. The first-order valence-electron chi connectivity index (χ1n) is 12.9. The van der Waals surface area contributed by atoms with E-state index in [4.69, 9.17) is 9.15 Å². The van der Waals surface area contributed by atoms with E-state index in [1.54, 1.807) is 11.2 Å². The van der Waals surface area contributed by atoms with E-state index in [-0.39, 0.29) is 11.4 Å². The van der Waals surface area contributed by atoms with E-state index in [1.807, 2.05) is 30.9 Å². The average Bonchev–Trinajstić information content (AvgIpc) is 3.51. The molecule has 3 aliphatic rings. The van der Waals surface area contributed by atoms with Gasteiger partial charge in [-0.15, -0.1) is 0 Å². The molecule has 2 aliphatic carbocycles. The van der Waals surface area contributed by atoms with Crippen molar-refractivity contribution < 1.29 is 13.9 Å². The molecule has 3 heterocycles. The van der Waals surface area contributed by atoms with Crippen LogP contribution in [-0.4, -0.2) is 77.0 Å². The van der Waals surface area contributed by atoms with E-state index in [0.717, 1.165) is 63.4 Å². The molecule has 1 amide bonds. The maximum Gasteiger partial charge on any atom is 0.274 e. The summed E-state index contributed by atoms with van der Waals surface area (Å²) in [4.78, 5) is 17.7. The van der Waals surface area contributed by atoms with Crippen molar-refractivity contribution in [1.82, 2.24) is 24.9 Å². The SMILES string of the molecule is CN(Cc1ccco1)C(=O)c1nn(C)c2c1CC(NCC1(N3CCOCC3)CCCCC1)CC2. The molecule has 1 saturated heterocycles. The standard InChI is InChI=1S/C26H39N5O3/c1-29(18-21-7-6-14-34-21)25(32)24-22-17-20(8-9-23(22)30(2)28-24)27-19-26(10-4-3-5-11-26)31-12-15-33-16-13-31/h6-7,14,20,27H,3-5,8-13,15-19H2,1-2H3. The Morgan fingerprint density at radius 1 is 1.26 bits per heavy atom. The summed E-state index contributed by atoms with van der Waals surface area (Å²) in [6.45, 7) is 5.25. The molecule has 1 aliphatic heterocycles. The first kappa shape index (κ1) is 23.6. The van der Waals surface area contributed by atoms with Gasteiger partial charge in [-0.2, -0.15) is 5.10 Å². The number of fused-ring (bicyclic) bond motifs is 1. The molecule has 0 spiro atoms. The molecular formula is C26H39N5O3. The maximum atomic E-state index is 13.3. The summed E-state index contributed by atoms with van der Waals surface area (Å²) in [7, 11) is 3.78. The molecule has 186 valence electrons. The number of carbonyl (C=O) groups excluding carboxylic acids is 1. The summed E-state index contributed by atoms with van der Waals surface area (Å²) in [5.41, 5.74) is 3.16. The van der Waals surface area contributed by atoms with E-state index in [1.165, 1.54) is 37.8 Å². The normalized spacial score (nSPS) is 22.9. The highest BCUT2D eigenvalue weighted by Crippen LogP contribution is 2.34. The first-order valence-corrected chi connectivity index (χ1v) is 12.9. The third kappa shape index (κ3) is 4.81. The highest BCUT2D eigenvalue weighted by atomic mass is 16.5. The lowest BCUT2D eigenvalue weighted by atomic mass is 9.79. The fourth-order valence-electron chi connectivity index (χ4n) is 6.21. The number of amides is 1. The van der Waals surface area contributed by atoms with Gasteiger partial charge in [0.1, 0.15) is 5.76 Å². The maximum absolute atomic E-state index is 13.3. The fourth-order valence-corrected chi connectivity index (χ4v) is 6.21. The van der Waals surface area contributed by atoms with Crippen LogP contribution in [0.5, 0.6) is 0 Å². The van der Waals surface area contributed by atoms with Crippen LogP contribution in [0, 0.1) is 0 Å². The lowest BCUT2D eigenvalue weighted by molar-refractivity contribution is -0.0378. The van der Waals surface area contributed by atoms with Gasteiger partial charge < -0.3 is 19.4 Å². The molecule has 34 heavy (non-hydrogen) atoms. The number of carbonyl (C=O) groups is 1. The second-order valence-electron chi connectivity index (χ2n) is 10.3. The van der Waals surface area contributed by atoms with Gasteiger partial charge in [0.25, 0.3) is 5.91 Å². The Kier molecular flexibility index (Phi) is 7.09. The number of morpholine rings is 1. The minimum Gasteiger partial charge on any atom is -0.467 e. The van der Waals surface area contributed by atoms with E-state index >= 15 is 0 Å². The van der Waals surface area contributed by atoms with E-state index in [0.29, 0.717) is 18.3 Å². The Morgan fingerprint density at radius 3 is 2.79 bits per heavy atom. The number of hydrogen-bond acceptors (Lipinski definition) is 6. The van der Waals surface area contributed by atoms with Crippen molar-refractivity contribution in [2.75, 3.05) is 39.9 Å². The monoisotopic (exact) mass is 469 g/mol. The lowest BCUT2D eigenvalue weighted by Gasteiger charge is -2.49. The summed E-state index contributed by atoms with van der Waals surface area (Å²) < 4.78 is 13.0. The zero-order chi connectivity index (χ0) is 23.5. The average molecular weight is 470 g/mol. The van der Waals surface area contributed by atoms with Crippen molar-refractivity contribution in [3.05, 3.63) is 41.1 Å². The largest absolute Gasteiger partial charge is 0.467 e. The van der Waals surface area contributed by atoms with Gasteiger partial charge in [0, 0.05) is 56.6 Å². The summed E-state index contributed by atoms with van der Waals surface area (Å²) in [5, 5.41) is 8.61. The molecule has 8 heteroatoms. The number of hydrogen-bond donors (Lipinski definition) is 1. The zero-order valence-corrected chi connectivity index (χ0v) is 20.7. The number of furan rings is 1. The number of nitrogens with zero attached hydrogens (tertiary/aromatic N) is 4. The fraction of sp³-hybridized carbons (Fsp3) is 0.692. The molecule has 1 N–H and O–H groups in total.